The Hall–Kier alpha value is -6.90. The maximum absolute atomic E-state index is 14.4. The van der Waals surface area contributed by atoms with Crippen LogP contribution in [-0.4, -0.2) is 9.97 Å². The topological polar surface area (TPSA) is 25.8 Å². The number of benzene rings is 8. The first-order valence-corrected chi connectivity index (χ1v) is 20.1. The van der Waals surface area contributed by atoms with Crippen molar-refractivity contribution in [2.24, 2.45) is 0 Å². The van der Waals surface area contributed by atoms with Crippen molar-refractivity contribution in [3.63, 3.8) is 0 Å². The average Bonchev–Trinajstić information content (AvgIpc) is 3.92. The van der Waals surface area contributed by atoms with Gasteiger partial charge in [-0.05, 0) is 68.4 Å². The standard InChI is InChI=1S/C48H20F10N2S2/c49-37-35(38(50)42(54)45(57)41(37)53)25-9-1-21(2-10-25)23-5-13-27(14-6-23)47-59-31-17-29-20-34-32(18-30(29)19-33(31)61-47)60-48(62-34)28-15-7-24(8-16-28)22-3-11-26(12-4-22)36-39(51)43(55)46(58)44(56)40(36)52/h1-20H. The highest BCUT2D eigenvalue weighted by molar-refractivity contribution is 7.22. The molecule has 0 amide bonds. The van der Waals surface area contributed by atoms with Gasteiger partial charge in [-0.25, -0.2) is 53.9 Å². The molecule has 0 aliphatic heterocycles. The third-order valence-corrected chi connectivity index (χ3v) is 12.7. The van der Waals surface area contributed by atoms with Crippen molar-refractivity contribution < 1.29 is 43.9 Å². The Labute approximate surface area is 351 Å². The predicted octanol–water partition coefficient (Wildman–Crippen LogP) is 15.5. The van der Waals surface area contributed by atoms with Crippen molar-refractivity contribution in [1.29, 1.82) is 0 Å². The molecule has 0 aliphatic carbocycles. The first kappa shape index (κ1) is 39.2. The highest BCUT2D eigenvalue weighted by atomic mass is 32.1. The first-order valence-electron chi connectivity index (χ1n) is 18.4. The lowest BCUT2D eigenvalue weighted by molar-refractivity contribution is 0.381. The van der Waals surface area contributed by atoms with Crippen LogP contribution < -0.4 is 0 Å². The zero-order valence-corrected chi connectivity index (χ0v) is 32.7. The second-order valence-electron chi connectivity index (χ2n) is 14.2. The van der Waals surface area contributed by atoms with Crippen molar-refractivity contribution in [3.05, 3.63) is 179 Å². The number of rotatable bonds is 6. The van der Waals surface area contributed by atoms with Gasteiger partial charge in [0.15, 0.2) is 46.5 Å². The van der Waals surface area contributed by atoms with Gasteiger partial charge < -0.3 is 0 Å². The minimum absolute atomic E-state index is 0.154. The SMILES string of the molecule is Fc1c(F)c(F)c(-c2ccc(-c3ccc(-c4nc5cc6cc7sc(-c8ccc(-c9ccc(-c%10c(F)c(F)c(F)c(F)c%10F)cc9)cc8)nc7cc6cc5s4)cc3)cc2)c(F)c1F. The highest BCUT2D eigenvalue weighted by Crippen LogP contribution is 2.39. The lowest BCUT2D eigenvalue weighted by Gasteiger charge is -2.09. The molecule has 0 saturated heterocycles. The summed E-state index contributed by atoms with van der Waals surface area (Å²) in [4.78, 5) is 9.78. The molecule has 2 aromatic heterocycles. The summed E-state index contributed by atoms with van der Waals surface area (Å²) < 4.78 is 142. The van der Waals surface area contributed by atoms with Gasteiger partial charge in [0.2, 0.25) is 11.6 Å². The van der Waals surface area contributed by atoms with Crippen LogP contribution in [0.15, 0.2) is 121 Å². The number of thiazole rings is 2. The maximum atomic E-state index is 14.4. The third-order valence-electron chi connectivity index (χ3n) is 10.6. The molecule has 10 rings (SSSR count). The fourth-order valence-corrected chi connectivity index (χ4v) is 9.33. The summed E-state index contributed by atoms with van der Waals surface area (Å²) in [6.07, 6.45) is 0. The van der Waals surface area contributed by atoms with Crippen LogP contribution in [0.3, 0.4) is 0 Å². The molecule has 0 fully saturated rings. The molecule has 8 aromatic carbocycles. The molecule has 2 nitrogen and oxygen atoms in total. The summed E-state index contributed by atoms with van der Waals surface area (Å²) in [6, 6.07) is 34.5. The normalized spacial score (nSPS) is 11.7. The van der Waals surface area contributed by atoms with Crippen LogP contribution in [0.2, 0.25) is 0 Å². The molecule has 304 valence electrons. The molecule has 0 atom stereocenters. The van der Waals surface area contributed by atoms with E-state index in [1.54, 1.807) is 24.3 Å². The Kier molecular flexibility index (Phi) is 9.45. The van der Waals surface area contributed by atoms with E-state index in [0.717, 1.165) is 63.5 Å². The summed E-state index contributed by atoms with van der Waals surface area (Å²) in [6.45, 7) is 0. The molecule has 0 N–H and O–H groups in total. The van der Waals surface area contributed by atoms with Gasteiger partial charge in [0.05, 0.1) is 31.6 Å². The number of halogens is 10. The first-order chi connectivity index (χ1) is 29.8. The van der Waals surface area contributed by atoms with E-state index >= 15 is 0 Å². The Balaban J connectivity index is 0.867. The van der Waals surface area contributed by atoms with E-state index in [1.165, 1.54) is 46.9 Å². The van der Waals surface area contributed by atoms with Gasteiger partial charge >= 0.3 is 0 Å². The lowest BCUT2D eigenvalue weighted by Crippen LogP contribution is -2.03. The monoisotopic (exact) mass is 878 g/mol. The van der Waals surface area contributed by atoms with Gasteiger partial charge in [-0.3, -0.25) is 0 Å². The highest BCUT2D eigenvalue weighted by Gasteiger charge is 2.28. The molecule has 14 heteroatoms. The van der Waals surface area contributed by atoms with Crippen LogP contribution in [0, 0.1) is 58.2 Å². The maximum Gasteiger partial charge on any atom is 0.200 e. The van der Waals surface area contributed by atoms with Crippen LogP contribution >= 0.6 is 22.7 Å². The molecule has 0 spiro atoms. The summed E-state index contributed by atoms with van der Waals surface area (Å²) in [5.74, 6) is -20.0. The number of fused-ring (bicyclic) bond motifs is 3. The Morgan fingerprint density at radius 2 is 0.516 bits per heavy atom. The van der Waals surface area contributed by atoms with Gasteiger partial charge in [0.25, 0.3) is 0 Å². The zero-order valence-electron chi connectivity index (χ0n) is 31.0. The molecule has 62 heavy (non-hydrogen) atoms. The third kappa shape index (κ3) is 6.48. The quantitative estimate of drug-likeness (QED) is 0.0945. The minimum atomic E-state index is -2.21. The van der Waals surface area contributed by atoms with Crippen molar-refractivity contribution in [1.82, 2.24) is 9.97 Å². The molecule has 0 radical (unpaired) electrons. The van der Waals surface area contributed by atoms with Gasteiger partial charge in [-0.2, -0.15) is 0 Å². The summed E-state index contributed by atoms with van der Waals surface area (Å²) in [5, 5.41) is 3.52. The zero-order chi connectivity index (χ0) is 43.1. The number of hydrogen-bond donors (Lipinski definition) is 0. The number of nitrogens with zero attached hydrogens (tertiary/aromatic N) is 2. The summed E-state index contributed by atoms with van der Waals surface area (Å²) in [5.41, 5.74) is 3.91. The van der Waals surface area contributed by atoms with Gasteiger partial charge in [0.1, 0.15) is 10.0 Å². The van der Waals surface area contributed by atoms with Crippen LogP contribution in [-0.2, 0) is 0 Å². The van der Waals surface area contributed by atoms with Gasteiger partial charge in [-0.1, -0.05) is 97.1 Å². The minimum Gasteiger partial charge on any atom is -0.236 e. The van der Waals surface area contributed by atoms with E-state index in [4.69, 9.17) is 9.97 Å². The second-order valence-corrected chi connectivity index (χ2v) is 16.3. The lowest BCUT2D eigenvalue weighted by atomic mass is 9.98. The van der Waals surface area contributed by atoms with E-state index in [1.807, 2.05) is 60.7 Å². The van der Waals surface area contributed by atoms with E-state index < -0.39 is 69.3 Å². The molecule has 2 heterocycles. The van der Waals surface area contributed by atoms with E-state index in [9.17, 15) is 43.9 Å². The van der Waals surface area contributed by atoms with Crippen LogP contribution in [0.5, 0.6) is 0 Å². The predicted molar refractivity (Wildman–Crippen MR) is 222 cm³/mol. The molecule has 10 aromatic rings. The van der Waals surface area contributed by atoms with E-state index in [0.29, 0.717) is 11.1 Å². The largest absolute Gasteiger partial charge is 0.236 e. The number of hydrogen-bond acceptors (Lipinski definition) is 4. The summed E-state index contributed by atoms with van der Waals surface area (Å²) >= 11 is 3.03. The number of aromatic nitrogens is 2. The van der Waals surface area contributed by atoms with Crippen molar-refractivity contribution in [3.8, 4) is 65.6 Å². The van der Waals surface area contributed by atoms with Gasteiger partial charge in [0, 0.05) is 11.1 Å². The summed E-state index contributed by atoms with van der Waals surface area (Å²) in [7, 11) is 0. The van der Waals surface area contributed by atoms with Gasteiger partial charge in [-0.15, -0.1) is 22.7 Å². The fraction of sp³-hybridized carbons (Fsp3) is 0. The Bertz CT molecular complexity index is 3080. The molecular formula is C48H20F10N2S2. The van der Waals surface area contributed by atoms with E-state index in [-0.39, 0.29) is 11.1 Å². The molecule has 0 unspecified atom stereocenters. The smallest absolute Gasteiger partial charge is 0.200 e. The Morgan fingerprint density at radius 1 is 0.274 bits per heavy atom. The van der Waals surface area contributed by atoms with E-state index in [2.05, 4.69) is 12.1 Å². The van der Waals surface area contributed by atoms with Crippen LogP contribution in [0.25, 0.3) is 96.9 Å². The fourth-order valence-electron chi connectivity index (χ4n) is 7.33. The molecule has 0 aliphatic rings. The Morgan fingerprint density at radius 3 is 0.806 bits per heavy atom. The van der Waals surface area contributed by atoms with Crippen LogP contribution in [0.1, 0.15) is 0 Å². The van der Waals surface area contributed by atoms with Crippen molar-refractivity contribution in [2.45, 2.75) is 0 Å². The average molecular weight is 879 g/mol. The molecule has 0 saturated carbocycles. The van der Waals surface area contributed by atoms with Crippen LogP contribution in [0.4, 0.5) is 43.9 Å². The second kappa shape index (κ2) is 14.9. The van der Waals surface area contributed by atoms with Crippen molar-refractivity contribution in [2.75, 3.05) is 0 Å². The van der Waals surface area contributed by atoms with Crippen molar-refractivity contribution >= 4 is 53.9 Å². The molecular weight excluding hydrogens is 859 g/mol. The molecule has 0 bridgehead atoms.